The number of carbonyl (C=O) groups is 1. The molecule has 2 aromatic heterocycles. The van der Waals surface area contributed by atoms with Gasteiger partial charge in [0.25, 0.3) is 0 Å². The number of nitrogens with zero attached hydrogens (tertiary/aromatic N) is 3. The predicted octanol–water partition coefficient (Wildman–Crippen LogP) is 3.82. The maximum Gasteiger partial charge on any atom is 0.189 e. The molecule has 1 aromatic carbocycles. The fraction of sp³-hybridized carbons (Fsp3) is 0.111. The van der Waals surface area contributed by atoms with Crippen LogP contribution >= 0.6 is 11.6 Å². The number of Topliss-reactive ketones (excluding diaryl/α,β-unsaturated/α-hetero) is 1. The molecule has 0 saturated heterocycles. The molecule has 0 fully saturated rings. The van der Waals surface area contributed by atoms with Gasteiger partial charge in [0, 0.05) is 11.9 Å². The first-order chi connectivity index (χ1) is 12.0. The summed E-state index contributed by atoms with van der Waals surface area (Å²) in [5.41, 5.74) is 2.27. The Kier molecular flexibility index (Phi) is 5.09. The lowest BCUT2D eigenvalue weighted by molar-refractivity contribution is 0.0986. The van der Waals surface area contributed by atoms with Crippen LogP contribution in [-0.2, 0) is 12.8 Å². The van der Waals surface area contributed by atoms with Gasteiger partial charge in [0.05, 0.1) is 6.42 Å². The average Bonchev–Trinajstić information content (AvgIpc) is 2.60. The van der Waals surface area contributed by atoms with Gasteiger partial charge in [0.2, 0.25) is 0 Å². The zero-order chi connectivity index (χ0) is 17.8. The lowest BCUT2D eigenvalue weighted by atomic mass is 10.1. The van der Waals surface area contributed by atoms with Crippen LogP contribution in [0.3, 0.4) is 0 Å². The average molecular weight is 360 g/mol. The van der Waals surface area contributed by atoms with Gasteiger partial charge < -0.3 is 0 Å². The molecular weight excluding hydrogens is 348 g/mol. The van der Waals surface area contributed by atoms with Crippen LogP contribution in [0.2, 0.25) is 5.15 Å². The zero-order valence-electron chi connectivity index (χ0n) is 12.9. The molecule has 7 heteroatoms. The van der Waals surface area contributed by atoms with Crippen molar-refractivity contribution in [2.75, 3.05) is 0 Å². The van der Waals surface area contributed by atoms with E-state index in [4.69, 9.17) is 11.6 Å². The number of rotatable bonds is 5. The third-order valence-corrected chi connectivity index (χ3v) is 3.74. The van der Waals surface area contributed by atoms with Gasteiger partial charge in [0.15, 0.2) is 22.6 Å². The van der Waals surface area contributed by atoms with Crippen LogP contribution in [0.5, 0.6) is 0 Å². The third kappa shape index (κ3) is 4.42. The number of ketones is 1. The Labute approximate surface area is 147 Å². The Bertz CT molecular complexity index is 899. The van der Waals surface area contributed by atoms with Crippen LogP contribution in [-0.4, -0.2) is 21.0 Å². The highest BCUT2D eigenvalue weighted by Gasteiger charge is 2.10. The Morgan fingerprint density at radius 2 is 1.76 bits per heavy atom. The molecule has 3 rings (SSSR count). The lowest BCUT2D eigenvalue weighted by Crippen LogP contribution is -2.08. The SMILES string of the molecule is O=C(Cc1ccc(Cc2ccc(F)c(F)c2)cn1)c1ccc(Cl)nn1. The molecule has 0 bridgehead atoms. The van der Waals surface area contributed by atoms with E-state index in [1.165, 1.54) is 18.2 Å². The second kappa shape index (κ2) is 7.44. The van der Waals surface area contributed by atoms with E-state index < -0.39 is 11.6 Å². The second-order valence-corrected chi connectivity index (χ2v) is 5.81. The number of benzene rings is 1. The summed E-state index contributed by atoms with van der Waals surface area (Å²) in [5.74, 6) is -1.97. The Hall–Kier alpha value is -2.73. The zero-order valence-corrected chi connectivity index (χ0v) is 13.7. The Morgan fingerprint density at radius 1 is 0.960 bits per heavy atom. The van der Waals surface area contributed by atoms with Crippen molar-refractivity contribution in [3.8, 4) is 0 Å². The summed E-state index contributed by atoms with van der Waals surface area (Å²) in [6, 6.07) is 10.3. The van der Waals surface area contributed by atoms with Crippen molar-refractivity contribution in [1.29, 1.82) is 0 Å². The highest BCUT2D eigenvalue weighted by Crippen LogP contribution is 2.14. The van der Waals surface area contributed by atoms with Gasteiger partial charge >= 0.3 is 0 Å². The van der Waals surface area contributed by atoms with E-state index in [0.717, 1.165) is 17.7 Å². The number of pyridine rings is 1. The van der Waals surface area contributed by atoms with Gasteiger partial charge in [-0.3, -0.25) is 9.78 Å². The van der Waals surface area contributed by atoms with E-state index in [9.17, 15) is 13.6 Å². The molecule has 0 aliphatic heterocycles. The lowest BCUT2D eigenvalue weighted by Gasteiger charge is -2.04. The van der Waals surface area contributed by atoms with Crippen molar-refractivity contribution < 1.29 is 13.6 Å². The van der Waals surface area contributed by atoms with E-state index in [1.807, 2.05) is 0 Å². The van der Waals surface area contributed by atoms with Gasteiger partial charge in [-0.05, 0) is 47.9 Å². The van der Waals surface area contributed by atoms with Gasteiger partial charge in [-0.2, -0.15) is 0 Å². The molecule has 0 aliphatic carbocycles. The largest absolute Gasteiger partial charge is 0.292 e. The molecule has 2 heterocycles. The second-order valence-electron chi connectivity index (χ2n) is 5.42. The highest BCUT2D eigenvalue weighted by molar-refractivity contribution is 6.29. The minimum absolute atomic E-state index is 0.0851. The molecule has 126 valence electrons. The quantitative estimate of drug-likeness (QED) is 0.650. The third-order valence-electron chi connectivity index (χ3n) is 3.54. The topological polar surface area (TPSA) is 55.7 Å². The standard InChI is InChI=1S/C18H12ClF2N3O/c19-18-6-5-16(23-24-18)17(25)9-13-3-1-12(10-22-13)7-11-2-4-14(20)15(21)8-11/h1-6,8,10H,7,9H2. The van der Waals surface area contributed by atoms with E-state index in [2.05, 4.69) is 15.2 Å². The van der Waals surface area contributed by atoms with Crippen molar-refractivity contribution in [1.82, 2.24) is 15.2 Å². The number of halogens is 3. The molecule has 0 aliphatic rings. The Balaban J connectivity index is 1.66. The van der Waals surface area contributed by atoms with Crippen LogP contribution in [0.1, 0.15) is 27.3 Å². The summed E-state index contributed by atoms with van der Waals surface area (Å²) < 4.78 is 26.2. The van der Waals surface area contributed by atoms with Crippen molar-refractivity contribution >= 4 is 17.4 Å². The normalized spacial score (nSPS) is 10.7. The summed E-state index contributed by atoms with van der Waals surface area (Å²) in [7, 11) is 0. The van der Waals surface area contributed by atoms with E-state index in [1.54, 1.807) is 18.3 Å². The van der Waals surface area contributed by atoms with Crippen LogP contribution in [0.25, 0.3) is 0 Å². The molecule has 25 heavy (non-hydrogen) atoms. The maximum absolute atomic E-state index is 13.2. The minimum Gasteiger partial charge on any atom is -0.292 e. The molecule has 0 spiro atoms. The van der Waals surface area contributed by atoms with Gasteiger partial charge in [-0.15, -0.1) is 10.2 Å². The maximum atomic E-state index is 13.2. The van der Waals surface area contributed by atoms with E-state index in [0.29, 0.717) is 17.7 Å². The van der Waals surface area contributed by atoms with E-state index >= 15 is 0 Å². The van der Waals surface area contributed by atoms with Crippen LogP contribution in [0.4, 0.5) is 8.78 Å². The first-order valence-electron chi connectivity index (χ1n) is 7.41. The molecule has 0 amide bonds. The molecule has 0 N–H and O–H groups in total. The number of hydrogen-bond donors (Lipinski definition) is 0. The Morgan fingerprint density at radius 3 is 2.40 bits per heavy atom. The van der Waals surface area contributed by atoms with Crippen molar-refractivity contribution in [3.05, 3.63) is 88.0 Å². The summed E-state index contributed by atoms with van der Waals surface area (Å²) in [4.78, 5) is 16.3. The molecular formula is C18H12ClF2N3O. The molecule has 0 atom stereocenters. The molecule has 0 saturated carbocycles. The predicted molar refractivity (Wildman–Crippen MR) is 88.5 cm³/mol. The molecule has 3 aromatic rings. The van der Waals surface area contributed by atoms with Gasteiger partial charge in [0.1, 0.15) is 5.69 Å². The fourth-order valence-electron chi connectivity index (χ4n) is 2.27. The van der Waals surface area contributed by atoms with Crippen LogP contribution in [0, 0.1) is 11.6 Å². The van der Waals surface area contributed by atoms with E-state index in [-0.39, 0.29) is 23.1 Å². The van der Waals surface area contributed by atoms with Crippen LogP contribution < -0.4 is 0 Å². The van der Waals surface area contributed by atoms with Gasteiger partial charge in [-0.25, -0.2) is 8.78 Å². The smallest absolute Gasteiger partial charge is 0.189 e. The van der Waals surface area contributed by atoms with Gasteiger partial charge in [-0.1, -0.05) is 23.7 Å². The molecule has 4 nitrogen and oxygen atoms in total. The van der Waals surface area contributed by atoms with Crippen LogP contribution in [0.15, 0.2) is 48.7 Å². The fourth-order valence-corrected chi connectivity index (χ4v) is 2.37. The molecule has 0 radical (unpaired) electrons. The number of aromatic nitrogens is 3. The highest BCUT2D eigenvalue weighted by atomic mass is 35.5. The summed E-state index contributed by atoms with van der Waals surface area (Å²) in [6.07, 6.45) is 2.11. The minimum atomic E-state index is -0.878. The van der Waals surface area contributed by atoms with Crippen molar-refractivity contribution in [2.45, 2.75) is 12.8 Å². The van der Waals surface area contributed by atoms with Crippen molar-refractivity contribution in [2.24, 2.45) is 0 Å². The van der Waals surface area contributed by atoms with Crippen molar-refractivity contribution in [3.63, 3.8) is 0 Å². The number of carbonyl (C=O) groups excluding carboxylic acids is 1. The number of hydrogen-bond acceptors (Lipinski definition) is 4. The summed E-state index contributed by atoms with van der Waals surface area (Å²) >= 11 is 5.64. The first-order valence-corrected chi connectivity index (χ1v) is 7.79. The summed E-state index contributed by atoms with van der Waals surface area (Å²) in [6.45, 7) is 0. The molecule has 0 unspecified atom stereocenters. The monoisotopic (exact) mass is 359 g/mol. The summed E-state index contributed by atoms with van der Waals surface area (Å²) in [5, 5.41) is 7.59. The first kappa shape index (κ1) is 17.1.